The molecule has 0 heterocycles. The number of benzene rings is 1. The molecule has 0 spiro atoms. The standard InChI is InChI=1S/C11H17NO3/c1-6-7(2)11(14)10(15-3)4-8(6)9(13)5-12/h4,9,13-14H,5,12H2,1-3H3. The lowest BCUT2D eigenvalue weighted by atomic mass is 9.97. The summed E-state index contributed by atoms with van der Waals surface area (Å²) in [4.78, 5) is 0. The average Bonchev–Trinajstić information content (AvgIpc) is 2.25. The minimum Gasteiger partial charge on any atom is -0.504 e. The molecule has 0 aliphatic rings. The summed E-state index contributed by atoms with van der Waals surface area (Å²) in [7, 11) is 1.47. The van der Waals surface area contributed by atoms with Crippen molar-refractivity contribution in [3.63, 3.8) is 0 Å². The van der Waals surface area contributed by atoms with Gasteiger partial charge in [-0.3, -0.25) is 0 Å². The third-order valence-electron chi connectivity index (χ3n) is 2.67. The van der Waals surface area contributed by atoms with E-state index in [9.17, 15) is 10.2 Å². The monoisotopic (exact) mass is 211 g/mol. The SMILES string of the molecule is COc1cc(C(O)CN)c(C)c(C)c1O. The van der Waals surface area contributed by atoms with Crippen LogP contribution in [0.25, 0.3) is 0 Å². The quantitative estimate of drug-likeness (QED) is 0.697. The summed E-state index contributed by atoms with van der Waals surface area (Å²) in [5, 5.41) is 19.4. The molecule has 0 aromatic heterocycles. The van der Waals surface area contributed by atoms with Crippen molar-refractivity contribution >= 4 is 0 Å². The summed E-state index contributed by atoms with van der Waals surface area (Å²) in [6.07, 6.45) is -0.724. The summed E-state index contributed by atoms with van der Waals surface area (Å²) in [5.41, 5.74) is 7.64. The maximum Gasteiger partial charge on any atom is 0.161 e. The number of nitrogens with two attached hydrogens (primary N) is 1. The minimum absolute atomic E-state index is 0.114. The molecule has 4 nitrogen and oxygen atoms in total. The Morgan fingerprint density at radius 3 is 2.47 bits per heavy atom. The molecule has 0 aliphatic heterocycles. The van der Waals surface area contributed by atoms with Gasteiger partial charge in [0.25, 0.3) is 0 Å². The largest absolute Gasteiger partial charge is 0.504 e. The van der Waals surface area contributed by atoms with Gasteiger partial charge in [-0.15, -0.1) is 0 Å². The summed E-state index contributed by atoms with van der Waals surface area (Å²) in [5.74, 6) is 0.476. The van der Waals surface area contributed by atoms with Crippen molar-refractivity contribution in [3.8, 4) is 11.5 Å². The average molecular weight is 211 g/mol. The van der Waals surface area contributed by atoms with Crippen LogP contribution in [-0.2, 0) is 0 Å². The molecule has 1 unspecified atom stereocenters. The molecule has 1 rings (SSSR count). The highest BCUT2D eigenvalue weighted by Crippen LogP contribution is 2.35. The molecule has 1 aromatic carbocycles. The van der Waals surface area contributed by atoms with Gasteiger partial charge in [0.1, 0.15) is 0 Å². The first-order chi connectivity index (χ1) is 7.02. The van der Waals surface area contributed by atoms with E-state index in [0.717, 1.165) is 5.56 Å². The topological polar surface area (TPSA) is 75.7 Å². The lowest BCUT2D eigenvalue weighted by molar-refractivity contribution is 0.185. The Balaban J connectivity index is 3.35. The van der Waals surface area contributed by atoms with Crippen molar-refractivity contribution < 1.29 is 14.9 Å². The predicted molar refractivity (Wildman–Crippen MR) is 58.1 cm³/mol. The normalized spacial score (nSPS) is 12.6. The van der Waals surface area contributed by atoms with Gasteiger partial charge < -0.3 is 20.7 Å². The van der Waals surface area contributed by atoms with Gasteiger partial charge in [0, 0.05) is 6.54 Å². The van der Waals surface area contributed by atoms with Gasteiger partial charge in [-0.05, 0) is 36.6 Å². The van der Waals surface area contributed by atoms with E-state index in [-0.39, 0.29) is 12.3 Å². The van der Waals surface area contributed by atoms with E-state index in [1.807, 2.05) is 6.92 Å². The fourth-order valence-corrected chi connectivity index (χ4v) is 1.53. The number of rotatable bonds is 3. The molecule has 0 radical (unpaired) electrons. The zero-order chi connectivity index (χ0) is 11.6. The molecule has 4 N–H and O–H groups in total. The maximum atomic E-state index is 9.72. The first-order valence-electron chi connectivity index (χ1n) is 4.78. The third-order valence-corrected chi connectivity index (χ3v) is 2.67. The minimum atomic E-state index is -0.724. The zero-order valence-corrected chi connectivity index (χ0v) is 9.24. The molecule has 0 aliphatic carbocycles. The van der Waals surface area contributed by atoms with Crippen LogP contribution in [0, 0.1) is 13.8 Å². The molecule has 1 aromatic rings. The van der Waals surface area contributed by atoms with E-state index >= 15 is 0 Å². The highest BCUT2D eigenvalue weighted by atomic mass is 16.5. The molecular formula is C11H17NO3. The van der Waals surface area contributed by atoms with E-state index in [1.165, 1.54) is 7.11 Å². The molecular weight excluding hydrogens is 194 g/mol. The van der Waals surface area contributed by atoms with Crippen LogP contribution in [-0.4, -0.2) is 23.9 Å². The van der Waals surface area contributed by atoms with E-state index in [2.05, 4.69) is 0 Å². The number of hydrogen-bond donors (Lipinski definition) is 3. The van der Waals surface area contributed by atoms with Gasteiger partial charge in [-0.2, -0.15) is 0 Å². The summed E-state index contributed by atoms with van der Waals surface area (Å²) < 4.78 is 5.01. The van der Waals surface area contributed by atoms with Gasteiger partial charge >= 0.3 is 0 Å². The number of aromatic hydroxyl groups is 1. The van der Waals surface area contributed by atoms with Crippen LogP contribution in [0.15, 0.2) is 6.07 Å². The molecule has 0 fully saturated rings. The molecule has 0 amide bonds. The van der Waals surface area contributed by atoms with Crippen LogP contribution < -0.4 is 10.5 Å². The molecule has 0 saturated carbocycles. The zero-order valence-electron chi connectivity index (χ0n) is 9.24. The Labute approximate surface area is 89.3 Å². The van der Waals surface area contributed by atoms with Gasteiger partial charge in [-0.25, -0.2) is 0 Å². The first-order valence-corrected chi connectivity index (χ1v) is 4.78. The Bertz CT molecular complexity index is 363. The van der Waals surface area contributed by atoms with Crippen LogP contribution in [0.4, 0.5) is 0 Å². The Morgan fingerprint density at radius 1 is 1.40 bits per heavy atom. The summed E-state index contributed by atoms with van der Waals surface area (Å²) >= 11 is 0. The summed E-state index contributed by atoms with van der Waals surface area (Å²) in [6.45, 7) is 3.76. The van der Waals surface area contributed by atoms with Crippen molar-refractivity contribution in [2.75, 3.05) is 13.7 Å². The lowest BCUT2D eigenvalue weighted by Gasteiger charge is -2.17. The van der Waals surface area contributed by atoms with Crippen LogP contribution in [0.1, 0.15) is 22.8 Å². The summed E-state index contributed by atoms with van der Waals surface area (Å²) in [6, 6.07) is 1.62. The van der Waals surface area contributed by atoms with Crippen LogP contribution in [0.5, 0.6) is 11.5 Å². The van der Waals surface area contributed by atoms with Crippen LogP contribution in [0.3, 0.4) is 0 Å². The third kappa shape index (κ3) is 2.06. The maximum absolute atomic E-state index is 9.72. The fraction of sp³-hybridized carbons (Fsp3) is 0.455. The number of aliphatic hydroxyl groups is 1. The number of phenols is 1. The van der Waals surface area contributed by atoms with E-state index < -0.39 is 6.10 Å². The smallest absolute Gasteiger partial charge is 0.161 e. The molecule has 4 heteroatoms. The second-order valence-electron chi connectivity index (χ2n) is 3.52. The van der Waals surface area contributed by atoms with Crippen molar-refractivity contribution in [2.24, 2.45) is 5.73 Å². The van der Waals surface area contributed by atoms with Crippen molar-refractivity contribution in [1.82, 2.24) is 0 Å². The van der Waals surface area contributed by atoms with Crippen molar-refractivity contribution in [3.05, 3.63) is 22.8 Å². The molecule has 15 heavy (non-hydrogen) atoms. The number of ether oxygens (including phenoxy) is 1. The van der Waals surface area contributed by atoms with Crippen LogP contribution >= 0.6 is 0 Å². The number of phenolic OH excluding ortho intramolecular Hbond substituents is 1. The predicted octanol–water partition coefficient (Wildman–Crippen LogP) is 1.01. The van der Waals surface area contributed by atoms with Crippen molar-refractivity contribution in [2.45, 2.75) is 20.0 Å². The fourth-order valence-electron chi connectivity index (χ4n) is 1.53. The number of hydrogen-bond acceptors (Lipinski definition) is 4. The van der Waals surface area contributed by atoms with Gasteiger partial charge in [-0.1, -0.05) is 0 Å². The Kier molecular flexibility index (Phi) is 3.55. The van der Waals surface area contributed by atoms with E-state index in [0.29, 0.717) is 16.9 Å². The van der Waals surface area contributed by atoms with Crippen LogP contribution in [0.2, 0.25) is 0 Å². The second-order valence-corrected chi connectivity index (χ2v) is 3.52. The van der Waals surface area contributed by atoms with Crippen molar-refractivity contribution in [1.29, 1.82) is 0 Å². The van der Waals surface area contributed by atoms with Gasteiger partial charge in [0.15, 0.2) is 11.5 Å². The molecule has 84 valence electrons. The lowest BCUT2D eigenvalue weighted by Crippen LogP contribution is -2.13. The van der Waals surface area contributed by atoms with Gasteiger partial charge in [0.2, 0.25) is 0 Å². The molecule has 0 bridgehead atoms. The van der Waals surface area contributed by atoms with Gasteiger partial charge in [0.05, 0.1) is 13.2 Å². The van der Waals surface area contributed by atoms with E-state index in [1.54, 1.807) is 13.0 Å². The second kappa shape index (κ2) is 4.51. The molecule has 1 atom stereocenters. The highest BCUT2D eigenvalue weighted by Gasteiger charge is 2.16. The first kappa shape index (κ1) is 11.8. The number of aliphatic hydroxyl groups excluding tert-OH is 1. The Hall–Kier alpha value is -1.26. The van der Waals surface area contributed by atoms with E-state index in [4.69, 9.17) is 10.5 Å². The highest BCUT2D eigenvalue weighted by molar-refractivity contribution is 5.53. The number of methoxy groups -OCH3 is 1. The molecule has 0 saturated heterocycles. The Morgan fingerprint density at radius 2 is 2.00 bits per heavy atom.